The van der Waals surface area contributed by atoms with E-state index >= 15 is 0 Å². The maximum absolute atomic E-state index is 12.3. The summed E-state index contributed by atoms with van der Waals surface area (Å²) < 4.78 is 7.18. The molecule has 2 aromatic heterocycles. The highest BCUT2D eigenvalue weighted by Gasteiger charge is 2.13. The number of pyridine rings is 1. The lowest BCUT2D eigenvalue weighted by Gasteiger charge is -2.08. The summed E-state index contributed by atoms with van der Waals surface area (Å²) in [5.41, 5.74) is 4.69. The molecular formula is C25H24N4O2. The van der Waals surface area contributed by atoms with Crippen molar-refractivity contribution in [3.8, 4) is 22.7 Å². The maximum Gasteiger partial charge on any atom is 0.220 e. The topological polar surface area (TPSA) is 69.0 Å². The predicted octanol–water partition coefficient (Wildman–Crippen LogP) is 4.19. The van der Waals surface area contributed by atoms with Crippen LogP contribution in [-0.4, -0.2) is 27.8 Å². The number of methoxy groups -OCH3 is 1. The summed E-state index contributed by atoms with van der Waals surface area (Å²) in [6.07, 6.45) is 2.64. The standard InChI is InChI=1S/C25H24N4O2/c1-31-23-13-11-22(12-14-23)29-24(19-7-3-2-4-8-19)17-20(28-29)10-15-25(30)27-18-21-9-5-6-16-26-21/h2-9,11-14,16-17H,10,15,18H2,1H3,(H,27,30). The Bertz CT molecular complexity index is 1120. The van der Waals surface area contributed by atoms with Gasteiger partial charge < -0.3 is 10.1 Å². The third-order valence-corrected chi connectivity index (χ3v) is 4.95. The molecule has 2 aromatic carbocycles. The molecule has 1 N–H and O–H groups in total. The second kappa shape index (κ2) is 9.71. The molecule has 2 heterocycles. The SMILES string of the molecule is COc1ccc(-n2nc(CCC(=O)NCc3ccccn3)cc2-c2ccccc2)cc1. The van der Waals surface area contributed by atoms with Crippen molar-refractivity contribution in [2.75, 3.05) is 7.11 Å². The van der Waals surface area contributed by atoms with E-state index in [4.69, 9.17) is 9.84 Å². The molecule has 6 nitrogen and oxygen atoms in total. The largest absolute Gasteiger partial charge is 0.497 e. The van der Waals surface area contributed by atoms with Gasteiger partial charge in [-0.25, -0.2) is 4.68 Å². The van der Waals surface area contributed by atoms with Crippen LogP contribution in [0.2, 0.25) is 0 Å². The number of nitrogens with zero attached hydrogens (tertiary/aromatic N) is 3. The third-order valence-electron chi connectivity index (χ3n) is 4.95. The van der Waals surface area contributed by atoms with Gasteiger partial charge in [-0.15, -0.1) is 0 Å². The number of hydrogen-bond donors (Lipinski definition) is 1. The zero-order valence-corrected chi connectivity index (χ0v) is 17.4. The first-order valence-corrected chi connectivity index (χ1v) is 10.2. The van der Waals surface area contributed by atoms with Crippen molar-refractivity contribution in [3.05, 3.63) is 96.4 Å². The number of nitrogens with one attached hydrogen (secondary N) is 1. The fourth-order valence-electron chi connectivity index (χ4n) is 3.31. The normalized spacial score (nSPS) is 10.6. The second-order valence-corrected chi connectivity index (χ2v) is 7.09. The fraction of sp³-hybridized carbons (Fsp3) is 0.160. The first-order chi connectivity index (χ1) is 15.2. The monoisotopic (exact) mass is 412 g/mol. The van der Waals surface area contributed by atoms with Gasteiger partial charge in [-0.3, -0.25) is 9.78 Å². The molecule has 0 aliphatic carbocycles. The first kappa shape index (κ1) is 20.3. The summed E-state index contributed by atoms with van der Waals surface area (Å²) in [6, 6.07) is 25.6. The highest BCUT2D eigenvalue weighted by molar-refractivity contribution is 5.76. The lowest BCUT2D eigenvalue weighted by atomic mass is 10.1. The Morgan fingerprint density at radius 3 is 2.45 bits per heavy atom. The summed E-state index contributed by atoms with van der Waals surface area (Å²) in [7, 11) is 1.65. The Morgan fingerprint density at radius 1 is 0.968 bits per heavy atom. The minimum absolute atomic E-state index is 0.0223. The molecule has 0 bridgehead atoms. The van der Waals surface area contributed by atoms with Crippen LogP contribution in [-0.2, 0) is 17.8 Å². The van der Waals surface area contributed by atoms with Crippen molar-refractivity contribution in [2.24, 2.45) is 0 Å². The van der Waals surface area contributed by atoms with Crippen LogP contribution in [0, 0.1) is 0 Å². The van der Waals surface area contributed by atoms with Crippen molar-refractivity contribution in [1.82, 2.24) is 20.1 Å². The number of carbonyl (C=O) groups is 1. The molecule has 4 aromatic rings. The number of amides is 1. The number of benzene rings is 2. The average molecular weight is 412 g/mol. The number of ether oxygens (including phenoxy) is 1. The van der Waals surface area contributed by atoms with E-state index in [1.54, 1.807) is 13.3 Å². The number of carbonyl (C=O) groups excluding carboxylic acids is 1. The molecule has 0 aliphatic heterocycles. The van der Waals surface area contributed by atoms with Crippen molar-refractivity contribution in [3.63, 3.8) is 0 Å². The van der Waals surface area contributed by atoms with Gasteiger partial charge in [-0.1, -0.05) is 36.4 Å². The van der Waals surface area contributed by atoms with Gasteiger partial charge >= 0.3 is 0 Å². The minimum Gasteiger partial charge on any atom is -0.497 e. The van der Waals surface area contributed by atoms with Gasteiger partial charge in [0.15, 0.2) is 0 Å². The Balaban J connectivity index is 1.50. The number of aromatic nitrogens is 3. The van der Waals surface area contributed by atoms with E-state index in [0.717, 1.165) is 34.1 Å². The van der Waals surface area contributed by atoms with Crippen LogP contribution >= 0.6 is 0 Å². The summed E-state index contributed by atoms with van der Waals surface area (Å²) >= 11 is 0. The summed E-state index contributed by atoms with van der Waals surface area (Å²) in [5.74, 6) is 0.771. The zero-order chi connectivity index (χ0) is 21.5. The lowest BCUT2D eigenvalue weighted by molar-refractivity contribution is -0.121. The molecule has 6 heteroatoms. The summed E-state index contributed by atoms with van der Waals surface area (Å²) in [6.45, 7) is 0.426. The van der Waals surface area contributed by atoms with Gasteiger partial charge in [0.25, 0.3) is 0 Å². The summed E-state index contributed by atoms with van der Waals surface area (Å²) in [4.78, 5) is 16.5. The van der Waals surface area contributed by atoms with E-state index in [0.29, 0.717) is 19.4 Å². The van der Waals surface area contributed by atoms with E-state index in [9.17, 15) is 4.79 Å². The third kappa shape index (κ3) is 5.17. The smallest absolute Gasteiger partial charge is 0.220 e. The number of rotatable bonds is 8. The highest BCUT2D eigenvalue weighted by atomic mass is 16.5. The van der Waals surface area contributed by atoms with Gasteiger partial charge in [0.05, 0.1) is 36.4 Å². The van der Waals surface area contributed by atoms with Crippen LogP contribution in [0.3, 0.4) is 0 Å². The van der Waals surface area contributed by atoms with Gasteiger partial charge in [0.1, 0.15) is 5.75 Å². The van der Waals surface area contributed by atoms with E-state index < -0.39 is 0 Å². The van der Waals surface area contributed by atoms with Crippen LogP contribution in [0.4, 0.5) is 0 Å². The molecule has 156 valence electrons. The number of hydrogen-bond acceptors (Lipinski definition) is 4. The van der Waals surface area contributed by atoms with Crippen LogP contribution in [0.5, 0.6) is 5.75 Å². The van der Waals surface area contributed by atoms with E-state index in [1.807, 2.05) is 71.4 Å². The van der Waals surface area contributed by atoms with Crippen molar-refractivity contribution in [1.29, 1.82) is 0 Å². The van der Waals surface area contributed by atoms with E-state index in [1.165, 1.54) is 0 Å². The molecule has 0 aliphatic rings. The lowest BCUT2D eigenvalue weighted by Crippen LogP contribution is -2.23. The Hall–Kier alpha value is -3.93. The van der Waals surface area contributed by atoms with Crippen molar-refractivity contribution < 1.29 is 9.53 Å². The van der Waals surface area contributed by atoms with Crippen molar-refractivity contribution >= 4 is 5.91 Å². The van der Waals surface area contributed by atoms with Crippen LogP contribution in [0.15, 0.2) is 85.1 Å². The molecule has 4 rings (SSSR count). The molecule has 0 unspecified atom stereocenters. The van der Waals surface area contributed by atoms with Crippen LogP contribution in [0.1, 0.15) is 17.8 Å². The van der Waals surface area contributed by atoms with E-state index in [2.05, 4.69) is 22.4 Å². The summed E-state index contributed by atoms with van der Waals surface area (Å²) in [5, 5.41) is 7.70. The maximum atomic E-state index is 12.3. The Kier molecular flexibility index (Phi) is 6.38. The van der Waals surface area contributed by atoms with Gasteiger partial charge in [0, 0.05) is 24.6 Å². The average Bonchev–Trinajstić information content (AvgIpc) is 3.27. The molecular weight excluding hydrogens is 388 g/mol. The molecule has 0 saturated carbocycles. The van der Waals surface area contributed by atoms with Gasteiger partial charge in [-0.05, 0) is 42.5 Å². The second-order valence-electron chi connectivity index (χ2n) is 7.09. The molecule has 1 amide bonds. The predicted molar refractivity (Wildman–Crippen MR) is 120 cm³/mol. The quantitative estimate of drug-likeness (QED) is 0.471. The first-order valence-electron chi connectivity index (χ1n) is 10.2. The Labute approximate surface area is 181 Å². The Morgan fingerprint density at radius 2 is 1.74 bits per heavy atom. The zero-order valence-electron chi connectivity index (χ0n) is 17.4. The highest BCUT2D eigenvalue weighted by Crippen LogP contribution is 2.25. The van der Waals surface area contributed by atoms with E-state index in [-0.39, 0.29) is 5.91 Å². The molecule has 0 saturated heterocycles. The molecule has 0 fully saturated rings. The van der Waals surface area contributed by atoms with Gasteiger partial charge in [0.2, 0.25) is 5.91 Å². The molecule has 0 spiro atoms. The molecule has 0 radical (unpaired) electrons. The molecule has 31 heavy (non-hydrogen) atoms. The fourth-order valence-corrected chi connectivity index (χ4v) is 3.31. The van der Waals surface area contributed by atoms with Gasteiger partial charge in [-0.2, -0.15) is 5.10 Å². The number of aryl methyl sites for hydroxylation is 1. The van der Waals surface area contributed by atoms with Crippen molar-refractivity contribution in [2.45, 2.75) is 19.4 Å². The van der Waals surface area contributed by atoms with Crippen LogP contribution in [0.25, 0.3) is 16.9 Å². The molecule has 0 atom stereocenters. The minimum atomic E-state index is -0.0223. The van der Waals surface area contributed by atoms with Crippen LogP contribution < -0.4 is 10.1 Å².